The summed E-state index contributed by atoms with van der Waals surface area (Å²) >= 11 is 0. The summed E-state index contributed by atoms with van der Waals surface area (Å²) < 4.78 is 47.6. The molecule has 0 aliphatic carbocycles. The molecule has 0 N–H and O–H groups in total. The largest absolute Gasteiger partial charge is 0.411 e. The smallest absolute Gasteiger partial charge is 0.351 e. The summed E-state index contributed by atoms with van der Waals surface area (Å²) in [6.45, 7) is 11.4. The van der Waals surface area contributed by atoms with Crippen LogP contribution in [0, 0.1) is 11.8 Å². The molecule has 0 heterocycles. The Balaban J connectivity index is 4.15. The Bertz CT molecular complexity index is 405. The first-order chi connectivity index (χ1) is 12.5. The van der Waals surface area contributed by atoms with Crippen molar-refractivity contribution < 1.29 is 22.6 Å². The third-order valence-electron chi connectivity index (χ3n) is 4.83. The van der Waals surface area contributed by atoms with Gasteiger partial charge >= 0.3 is 6.18 Å². The molecule has 162 valence electrons. The zero-order valence-electron chi connectivity index (χ0n) is 18.3. The minimum absolute atomic E-state index is 0.325. The minimum Gasteiger partial charge on any atom is -0.351 e. The normalized spacial score (nSPS) is 16.6. The number of rotatable bonds is 15. The Labute approximate surface area is 164 Å². The van der Waals surface area contributed by atoms with Crippen LogP contribution in [0.15, 0.2) is 11.6 Å². The van der Waals surface area contributed by atoms with Crippen molar-refractivity contribution in [2.75, 3.05) is 13.2 Å². The molecule has 0 aromatic carbocycles. The van der Waals surface area contributed by atoms with E-state index in [4.69, 9.17) is 9.47 Å². The van der Waals surface area contributed by atoms with Gasteiger partial charge in [0.2, 0.25) is 0 Å². The highest BCUT2D eigenvalue weighted by atomic mass is 19.4. The summed E-state index contributed by atoms with van der Waals surface area (Å²) in [5, 5.41) is 0. The topological polar surface area (TPSA) is 18.5 Å². The Morgan fingerprint density at radius 3 is 2.19 bits per heavy atom. The summed E-state index contributed by atoms with van der Waals surface area (Å²) in [4.78, 5) is 0. The summed E-state index contributed by atoms with van der Waals surface area (Å²) in [5.41, 5.74) is 1.29. The molecule has 2 atom stereocenters. The first-order valence-electron chi connectivity index (χ1n) is 10.5. The van der Waals surface area contributed by atoms with Gasteiger partial charge in [0.25, 0.3) is 0 Å². The first-order valence-corrected chi connectivity index (χ1v) is 10.5. The molecule has 2 nitrogen and oxygen atoms in total. The minimum atomic E-state index is -4.34. The number of hydrogen-bond acceptors (Lipinski definition) is 2. The maximum absolute atomic E-state index is 12.4. The molecule has 0 radical (unpaired) electrons. The van der Waals surface area contributed by atoms with Crippen molar-refractivity contribution in [2.45, 2.75) is 105 Å². The lowest BCUT2D eigenvalue weighted by Gasteiger charge is -2.29. The summed E-state index contributed by atoms with van der Waals surface area (Å²) in [6.07, 6.45) is 6.19. The summed E-state index contributed by atoms with van der Waals surface area (Å²) in [6, 6.07) is 0. The van der Waals surface area contributed by atoms with Crippen molar-refractivity contribution in [1.29, 1.82) is 0 Å². The fourth-order valence-electron chi connectivity index (χ4n) is 3.16. The van der Waals surface area contributed by atoms with Crippen LogP contribution in [0.1, 0.15) is 92.9 Å². The van der Waals surface area contributed by atoms with Crippen LogP contribution in [0.2, 0.25) is 0 Å². The SMILES string of the molecule is CCOC(C)(CC/C=C(\C)CCCC(C)CCCC(C)C)OCC(F)(F)F. The lowest BCUT2D eigenvalue weighted by molar-refractivity contribution is -0.277. The summed E-state index contributed by atoms with van der Waals surface area (Å²) in [7, 11) is 0. The lowest BCUT2D eigenvalue weighted by Crippen LogP contribution is -2.36. The molecule has 0 fully saturated rings. The fourth-order valence-corrected chi connectivity index (χ4v) is 3.16. The molecule has 0 amide bonds. The molecular weight excluding hydrogens is 353 g/mol. The van der Waals surface area contributed by atoms with Gasteiger partial charge in [-0.2, -0.15) is 13.2 Å². The Hall–Kier alpha value is -0.550. The van der Waals surface area contributed by atoms with Gasteiger partial charge in [0.1, 0.15) is 6.61 Å². The average molecular weight is 395 g/mol. The standard InChI is InChI=1S/C22H41F3O2/c1-7-26-21(6,27-17-22(23,24)25)16-10-15-20(5)14-9-13-19(4)12-8-11-18(2)3/h15,18-19H,7-14,16-17H2,1-6H3/b20-15+. The molecule has 0 aliphatic rings. The molecule has 0 saturated heterocycles. The molecule has 0 saturated carbocycles. The van der Waals surface area contributed by atoms with Gasteiger partial charge in [0, 0.05) is 13.0 Å². The Kier molecular flexibility index (Phi) is 13.3. The maximum Gasteiger partial charge on any atom is 0.411 e. The molecular formula is C22H41F3O2. The van der Waals surface area contributed by atoms with Crippen LogP contribution in [-0.4, -0.2) is 25.2 Å². The monoisotopic (exact) mass is 394 g/mol. The first kappa shape index (κ1) is 26.4. The van der Waals surface area contributed by atoms with E-state index >= 15 is 0 Å². The van der Waals surface area contributed by atoms with E-state index in [-0.39, 0.29) is 0 Å². The number of ether oxygens (including phenoxy) is 2. The van der Waals surface area contributed by atoms with E-state index in [1.54, 1.807) is 13.8 Å². The van der Waals surface area contributed by atoms with Crippen molar-refractivity contribution >= 4 is 0 Å². The second kappa shape index (κ2) is 13.6. The van der Waals surface area contributed by atoms with Crippen molar-refractivity contribution in [3.05, 3.63) is 11.6 Å². The Morgan fingerprint density at radius 1 is 1.00 bits per heavy atom. The number of alkyl halides is 3. The molecule has 0 aromatic rings. The predicted octanol–water partition coefficient (Wildman–Crippen LogP) is 7.68. The van der Waals surface area contributed by atoms with E-state index in [2.05, 4.69) is 33.8 Å². The molecule has 0 aromatic heterocycles. The zero-order valence-corrected chi connectivity index (χ0v) is 18.3. The van der Waals surface area contributed by atoms with Crippen molar-refractivity contribution in [2.24, 2.45) is 11.8 Å². The lowest BCUT2D eigenvalue weighted by atomic mass is 9.94. The van der Waals surface area contributed by atoms with E-state index in [1.165, 1.54) is 37.7 Å². The van der Waals surface area contributed by atoms with Crippen molar-refractivity contribution in [1.82, 2.24) is 0 Å². The third-order valence-corrected chi connectivity index (χ3v) is 4.83. The second-order valence-corrected chi connectivity index (χ2v) is 8.38. The zero-order chi connectivity index (χ0) is 20.9. The highest BCUT2D eigenvalue weighted by Gasteiger charge is 2.34. The molecule has 27 heavy (non-hydrogen) atoms. The van der Waals surface area contributed by atoms with E-state index in [0.717, 1.165) is 18.3 Å². The van der Waals surface area contributed by atoms with Crippen LogP contribution in [0.25, 0.3) is 0 Å². The van der Waals surface area contributed by atoms with Gasteiger partial charge in [0.05, 0.1) is 0 Å². The van der Waals surface area contributed by atoms with Gasteiger partial charge in [0.15, 0.2) is 5.79 Å². The van der Waals surface area contributed by atoms with Gasteiger partial charge in [-0.05, 0) is 51.9 Å². The number of allylic oxidation sites excluding steroid dienone is 2. The van der Waals surface area contributed by atoms with Crippen molar-refractivity contribution in [3.8, 4) is 0 Å². The number of halogens is 3. The van der Waals surface area contributed by atoms with E-state index in [1.807, 2.05) is 0 Å². The highest BCUT2D eigenvalue weighted by Crippen LogP contribution is 2.25. The van der Waals surface area contributed by atoms with E-state index in [0.29, 0.717) is 19.4 Å². The van der Waals surface area contributed by atoms with Crippen LogP contribution < -0.4 is 0 Å². The molecule has 5 heteroatoms. The van der Waals surface area contributed by atoms with E-state index < -0.39 is 18.6 Å². The van der Waals surface area contributed by atoms with E-state index in [9.17, 15) is 13.2 Å². The van der Waals surface area contributed by atoms with Crippen LogP contribution in [-0.2, 0) is 9.47 Å². The fraction of sp³-hybridized carbons (Fsp3) is 0.909. The molecule has 2 unspecified atom stereocenters. The average Bonchev–Trinajstić information content (AvgIpc) is 2.52. The van der Waals surface area contributed by atoms with Crippen LogP contribution in [0.3, 0.4) is 0 Å². The van der Waals surface area contributed by atoms with Crippen LogP contribution in [0.5, 0.6) is 0 Å². The third kappa shape index (κ3) is 16.1. The highest BCUT2D eigenvalue weighted by molar-refractivity contribution is 4.98. The predicted molar refractivity (Wildman–Crippen MR) is 107 cm³/mol. The Morgan fingerprint density at radius 2 is 1.63 bits per heavy atom. The van der Waals surface area contributed by atoms with Crippen molar-refractivity contribution in [3.63, 3.8) is 0 Å². The molecule has 0 aliphatic heterocycles. The van der Waals surface area contributed by atoms with Gasteiger partial charge < -0.3 is 9.47 Å². The van der Waals surface area contributed by atoms with Gasteiger partial charge in [-0.15, -0.1) is 0 Å². The van der Waals surface area contributed by atoms with Crippen LogP contribution in [0.4, 0.5) is 13.2 Å². The molecule has 0 spiro atoms. The second-order valence-electron chi connectivity index (χ2n) is 8.38. The molecule has 0 bridgehead atoms. The van der Waals surface area contributed by atoms with Gasteiger partial charge in [-0.1, -0.05) is 58.1 Å². The van der Waals surface area contributed by atoms with Crippen LogP contribution >= 0.6 is 0 Å². The molecule has 0 rings (SSSR count). The number of hydrogen-bond donors (Lipinski definition) is 0. The summed E-state index contributed by atoms with van der Waals surface area (Å²) in [5.74, 6) is 0.352. The van der Waals surface area contributed by atoms with Gasteiger partial charge in [-0.3, -0.25) is 0 Å². The maximum atomic E-state index is 12.4. The van der Waals surface area contributed by atoms with Gasteiger partial charge in [-0.25, -0.2) is 0 Å². The quantitative estimate of drug-likeness (QED) is 0.209.